The lowest BCUT2D eigenvalue weighted by molar-refractivity contribution is 0.217. The zero-order valence-corrected chi connectivity index (χ0v) is 5.73. The maximum absolute atomic E-state index is 10.3. The van der Waals surface area contributed by atoms with Gasteiger partial charge in [0.05, 0.1) is 14.4 Å². The van der Waals surface area contributed by atoms with Crippen molar-refractivity contribution in [3.63, 3.8) is 0 Å². The molecule has 0 fully saturated rings. The van der Waals surface area contributed by atoms with Gasteiger partial charge in [-0.15, -0.1) is 0 Å². The fourth-order valence-corrected chi connectivity index (χ4v) is 0.737. The van der Waals surface area contributed by atoms with Gasteiger partial charge in [-0.1, -0.05) is 0 Å². The highest BCUT2D eigenvalue weighted by molar-refractivity contribution is 7.43. The van der Waals surface area contributed by atoms with Crippen LogP contribution < -0.4 is 0 Å². The van der Waals surface area contributed by atoms with Gasteiger partial charge in [0.2, 0.25) is 0 Å². The van der Waals surface area contributed by atoms with Crippen LogP contribution in [0.3, 0.4) is 0 Å². The van der Waals surface area contributed by atoms with Crippen molar-refractivity contribution in [3.8, 4) is 0 Å². The highest BCUT2D eigenvalue weighted by Crippen LogP contribution is 2.10. The summed E-state index contributed by atoms with van der Waals surface area (Å²) in [4.78, 5) is 0. The fourth-order valence-electron chi connectivity index (χ4n) is 0.246. The van der Waals surface area contributed by atoms with Crippen molar-refractivity contribution in [3.05, 3.63) is 0 Å². The molecule has 2 nitrogen and oxygen atoms in total. The Morgan fingerprint density at radius 2 is 2.29 bits per heavy atom. The molecule has 0 bridgehead atoms. The summed E-state index contributed by atoms with van der Waals surface area (Å²) in [6.45, 7) is 2.37. The van der Waals surface area contributed by atoms with Crippen LogP contribution in [0.15, 0.2) is 0 Å². The molecule has 3 heteroatoms. The van der Waals surface area contributed by atoms with Crippen LogP contribution in [-0.4, -0.2) is 26.5 Å². The first-order valence-corrected chi connectivity index (χ1v) is 4.37. The maximum atomic E-state index is 10.3. The van der Waals surface area contributed by atoms with Crippen LogP contribution in [0.25, 0.3) is 0 Å². The molecule has 7 heavy (non-hydrogen) atoms. The molecule has 0 aromatic heterocycles. The molecule has 0 amide bonds. The Hall–Kier alpha value is 0.190. The van der Waals surface area contributed by atoms with Crippen molar-refractivity contribution in [2.24, 2.45) is 0 Å². The normalized spacial score (nSPS) is 14.0. The van der Waals surface area contributed by atoms with Crippen LogP contribution in [0.1, 0.15) is 0 Å². The smallest absolute Gasteiger partial charge is 0.0755 e. The zero-order valence-electron chi connectivity index (χ0n) is 4.73. The van der Waals surface area contributed by atoms with E-state index < -0.39 is 7.80 Å². The summed E-state index contributed by atoms with van der Waals surface area (Å²) in [6, 6.07) is 0. The van der Waals surface area contributed by atoms with E-state index in [-0.39, 0.29) is 0 Å². The molecule has 0 spiro atoms. The van der Waals surface area contributed by atoms with E-state index in [2.05, 4.69) is 4.74 Å². The predicted molar refractivity (Wildman–Crippen MR) is 31.7 cm³/mol. The minimum atomic E-state index is -1.27. The van der Waals surface area contributed by atoms with Gasteiger partial charge in [0.1, 0.15) is 0 Å². The summed E-state index contributed by atoms with van der Waals surface area (Å²) in [5.41, 5.74) is 0. The second-order valence-corrected chi connectivity index (χ2v) is 3.35. The molecule has 0 N–H and O–H groups in total. The summed E-state index contributed by atoms with van der Waals surface area (Å²) >= 11 is 0. The van der Waals surface area contributed by atoms with Crippen molar-refractivity contribution in [2.45, 2.75) is 0 Å². The molecule has 0 heterocycles. The summed E-state index contributed by atoms with van der Waals surface area (Å²) in [6.07, 6.45) is 0.723. The fraction of sp³-hybridized carbons (Fsp3) is 1.00. The number of rotatable bonds is 3. The van der Waals surface area contributed by atoms with Crippen LogP contribution in [0.2, 0.25) is 0 Å². The second kappa shape index (κ2) is 4.35. The average molecular weight is 122 g/mol. The van der Waals surface area contributed by atoms with Crippen molar-refractivity contribution < 1.29 is 9.30 Å². The Labute approximate surface area is 44.7 Å². The van der Waals surface area contributed by atoms with Crippen molar-refractivity contribution in [2.75, 3.05) is 26.5 Å². The third-order valence-electron chi connectivity index (χ3n) is 0.658. The molecule has 44 valence electrons. The lowest BCUT2D eigenvalue weighted by Crippen LogP contribution is -1.89. The molecule has 0 aliphatic rings. The van der Waals surface area contributed by atoms with Gasteiger partial charge in [-0.05, 0) is 6.66 Å². The van der Waals surface area contributed by atoms with E-state index in [9.17, 15) is 4.57 Å². The summed E-state index contributed by atoms with van der Waals surface area (Å²) in [7, 11) is 0.344. The molecule has 1 atom stereocenters. The van der Waals surface area contributed by atoms with Crippen LogP contribution >= 0.6 is 7.80 Å². The third-order valence-corrected chi connectivity index (χ3v) is 1.57. The summed E-state index contributed by atoms with van der Waals surface area (Å²) in [5, 5.41) is 0. The Kier molecular flexibility index (Phi) is 4.47. The van der Waals surface area contributed by atoms with Gasteiger partial charge in [-0.25, -0.2) is 0 Å². The lowest BCUT2D eigenvalue weighted by Gasteiger charge is -1.90. The summed E-state index contributed by atoms with van der Waals surface area (Å²) in [5.74, 6) is 0. The van der Waals surface area contributed by atoms with Crippen LogP contribution in [-0.2, 0) is 9.30 Å². The van der Waals surface area contributed by atoms with E-state index in [1.807, 2.05) is 0 Å². The molecule has 0 aromatic rings. The topological polar surface area (TPSA) is 26.3 Å². The molecule has 0 saturated heterocycles. The van der Waals surface area contributed by atoms with E-state index in [4.69, 9.17) is 0 Å². The van der Waals surface area contributed by atoms with Gasteiger partial charge in [0.25, 0.3) is 0 Å². The number of ether oxygens (including phenoxy) is 1. The van der Waals surface area contributed by atoms with Crippen molar-refractivity contribution >= 4 is 7.80 Å². The Morgan fingerprint density at radius 3 is 2.43 bits per heavy atom. The van der Waals surface area contributed by atoms with Crippen LogP contribution in [0.4, 0.5) is 0 Å². The molecule has 0 radical (unpaired) electrons. The minimum Gasteiger partial charge on any atom is -0.384 e. The average Bonchev–Trinajstić information content (AvgIpc) is 1.61. The molecule has 0 aliphatic heterocycles. The highest BCUT2D eigenvalue weighted by atomic mass is 31.1. The summed E-state index contributed by atoms with van der Waals surface area (Å²) < 4.78 is 15.0. The van der Waals surface area contributed by atoms with Gasteiger partial charge in [0, 0.05) is 13.3 Å². The number of hydrogen-bond donors (Lipinski definition) is 0. The number of hydrogen-bond acceptors (Lipinski definition) is 2. The van der Waals surface area contributed by atoms with Gasteiger partial charge >= 0.3 is 0 Å². The van der Waals surface area contributed by atoms with E-state index in [0.717, 1.165) is 6.16 Å². The van der Waals surface area contributed by atoms with Gasteiger partial charge in [-0.2, -0.15) is 0 Å². The van der Waals surface area contributed by atoms with Crippen LogP contribution in [0.5, 0.6) is 0 Å². The Balaban J connectivity index is 2.82. The third kappa shape index (κ3) is 6.19. The lowest BCUT2D eigenvalue weighted by atomic mass is 10.9. The second-order valence-electron chi connectivity index (χ2n) is 1.44. The highest BCUT2D eigenvalue weighted by Gasteiger charge is 1.85. The molecule has 1 unspecified atom stereocenters. The van der Waals surface area contributed by atoms with Crippen molar-refractivity contribution in [1.82, 2.24) is 0 Å². The largest absolute Gasteiger partial charge is 0.384 e. The molecular weight excluding hydrogens is 111 g/mol. The SMILES string of the molecule is COCC[PH](C)=O. The van der Waals surface area contributed by atoms with Crippen LogP contribution in [0, 0.1) is 0 Å². The number of methoxy groups -OCH3 is 1. The van der Waals surface area contributed by atoms with Crippen molar-refractivity contribution in [1.29, 1.82) is 0 Å². The monoisotopic (exact) mass is 122 g/mol. The van der Waals surface area contributed by atoms with E-state index in [0.29, 0.717) is 6.61 Å². The van der Waals surface area contributed by atoms with E-state index in [1.165, 1.54) is 0 Å². The predicted octanol–water partition coefficient (Wildman–Crippen LogP) is 0.822. The van der Waals surface area contributed by atoms with E-state index in [1.54, 1.807) is 13.8 Å². The molecule has 0 saturated carbocycles. The minimum absolute atomic E-state index is 0.633. The molecular formula is C4H11O2P. The first-order chi connectivity index (χ1) is 3.27. The molecule has 0 aliphatic carbocycles. The first-order valence-electron chi connectivity index (χ1n) is 2.25. The molecule has 0 aromatic carbocycles. The Morgan fingerprint density at radius 1 is 1.71 bits per heavy atom. The quantitative estimate of drug-likeness (QED) is 0.518. The Bertz CT molecular complexity index is 62.7. The first kappa shape index (κ1) is 7.19. The molecule has 0 rings (SSSR count). The standard InChI is InChI=1S/C4H11O2P/c1-6-3-4-7(2)5/h7H,3-4H2,1-2H3. The van der Waals surface area contributed by atoms with E-state index >= 15 is 0 Å². The van der Waals surface area contributed by atoms with Gasteiger partial charge in [-0.3, -0.25) is 0 Å². The van der Waals surface area contributed by atoms with Gasteiger partial charge < -0.3 is 9.30 Å². The van der Waals surface area contributed by atoms with Gasteiger partial charge in [0.15, 0.2) is 0 Å². The zero-order chi connectivity index (χ0) is 5.70. The maximum Gasteiger partial charge on any atom is 0.0755 e.